The molecule has 1 aromatic rings. The van der Waals surface area contributed by atoms with E-state index >= 15 is 0 Å². The van der Waals surface area contributed by atoms with Crippen LogP contribution in [0.1, 0.15) is 17.3 Å². The van der Waals surface area contributed by atoms with Gasteiger partial charge in [0.15, 0.2) is 0 Å². The fraction of sp³-hybridized carbons (Fsp3) is 0.400. The number of aliphatic hydroxyl groups is 2. The molecule has 0 aliphatic rings. The number of nitrogens with zero attached hydrogens (tertiary/aromatic N) is 1. The van der Waals surface area contributed by atoms with Crippen molar-refractivity contribution < 1.29 is 15.0 Å². The Morgan fingerprint density at radius 1 is 1.41 bits per heavy atom. The first-order chi connectivity index (χ1) is 7.91. The average Bonchev–Trinajstić information content (AvgIpc) is 2.28. The molecule has 0 saturated heterocycles. The van der Waals surface area contributed by atoms with Crippen molar-refractivity contribution in [2.45, 2.75) is 12.5 Å². The van der Waals surface area contributed by atoms with Crippen LogP contribution in [0.3, 0.4) is 0 Å². The van der Waals surface area contributed by atoms with Crippen molar-refractivity contribution in [3.63, 3.8) is 0 Å². The van der Waals surface area contributed by atoms with Gasteiger partial charge < -0.3 is 15.5 Å². The van der Waals surface area contributed by atoms with E-state index in [1.807, 2.05) is 0 Å². The Morgan fingerprint density at radius 3 is 2.47 bits per heavy atom. The van der Waals surface area contributed by atoms with Crippen molar-refractivity contribution >= 4 is 29.1 Å². The summed E-state index contributed by atoms with van der Waals surface area (Å²) in [5.41, 5.74) is -0.982. The van der Waals surface area contributed by atoms with Crippen LogP contribution in [0.4, 0.5) is 0 Å². The van der Waals surface area contributed by atoms with Crippen LogP contribution >= 0.6 is 23.2 Å². The quantitative estimate of drug-likeness (QED) is 0.714. The summed E-state index contributed by atoms with van der Waals surface area (Å²) in [7, 11) is 0. The minimum Gasteiger partial charge on any atom is -0.394 e. The van der Waals surface area contributed by atoms with Gasteiger partial charge >= 0.3 is 0 Å². The molecule has 0 radical (unpaired) electrons. The highest BCUT2D eigenvalue weighted by Gasteiger charge is 2.26. The van der Waals surface area contributed by atoms with Gasteiger partial charge in [-0.05, 0) is 19.1 Å². The van der Waals surface area contributed by atoms with E-state index in [1.54, 1.807) is 0 Å². The van der Waals surface area contributed by atoms with E-state index in [2.05, 4.69) is 10.3 Å². The van der Waals surface area contributed by atoms with E-state index in [1.165, 1.54) is 19.1 Å². The van der Waals surface area contributed by atoms with E-state index in [9.17, 15) is 4.79 Å². The number of amides is 1. The van der Waals surface area contributed by atoms with Crippen molar-refractivity contribution in [3.05, 3.63) is 28.0 Å². The van der Waals surface area contributed by atoms with Gasteiger partial charge in [0.1, 0.15) is 10.3 Å². The largest absolute Gasteiger partial charge is 0.394 e. The summed E-state index contributed by atoms with van der Waals surface area (Å²) in [6.45, 7) is 0.712. The molecule has 0 saturated carbocycles. The van der Waals surface area contributed by atoms with E-state index in [0.717, 1.165) is 0 Å². The first kappa shape index (κ1) is 14.2. The number of halogens is 2. The first-order valence-corrected chi connectivity index (χ1v) is 5.54. The zero-order valence-electron chi connectivity index (χ0n) is 9.07. The molecule has 5 nitrogen and oxygen atoms in total. The highest BCUT2D eigenvalue weighted by molar-refractivity contribution is 6.34. The van der Waals surface area contributed by atoms with Gasteiger partial charge in [-0.1, -0.05) is 23.2 Å². The topological polar surface area (TPSA) is 82.5 Å². The Balaban J connectivity index is 2.90. The molecule has 0 aliphatic heterocycles. The fourth-order valence-corrected chi connectivity index (χ4v) is 1.48. The predicted octanol–water partition coefficient (Wildman–Crippen LogP) is 0.861. The molecule has 1 aromatic heterocycles. The number of carbonyl (C=O) groups is 1. The highest BCUT2D eigenvalue weighted by atomic mass is 35.5. The molecule has 0 unspecified atom stereocenters. The summed E-state index contributed by atoms with van der Waals surface area (Å²) < 4.78 is 0. The molecule has 0 fully saturated rings. The van der Waals surface area contributed by atoms with E-state index in [0.29, 0.717) is 0 Å². The number of carbonyl (C=O) groups excluding carboxylic acids is 1. The van der Waals surface area contributed by atoms with Crippen molar-refractivity contribution in [3.8, 4) is 0 Å². The third-order valence-corrected chi connectivity index (χ3v) is 2.67. The van der Waals surface area contributed by atoms with Crippen molar-refractivity contribution in [2.24, 2.45) is 0 Å². The Hall–Kier alpha value is -0.880. The van der Waals surface area contributed by atoms with E-state index < -0.39 is 24.7 Å². The summed E-state index contributed by atoms with van der Waals surface area (Å²) in [6.07, 6.45) is 0. The smallest absolute Gasteiger partial charge is 0.254 e. The second-order valence-electron chi connectivity index (χ2n) is 3.80. The second kappa shape index (κ2) is 5.64. The summed E-state index contributed by atoms with van der Waals surface area (Å²) in [5.74, 6) is -0.537. The van der Waals surface area contributed by atoms with Crippen molar-refractivity contribution in [1.82, 2.24) is 10.3 Å². The molecule has 0 aromatic carbocycles. The molecule has 0 spiro atoms. The minimum absolute atomic E-state index is 0.0340. The van der Waals surface area contributed by atoms with Gasteiger partial charge in [-0.15, -0.1) is 0 Å². The molecule has 1 rings (SSSR count). The lowest BCUT2D eigenvalue weighted by Gasteiger charge is -2.26. The third-order valence-electron chi connectivity index (χ3n) is 2.17. The maximum atomic E-state index is 11.8. The Bertz CT molecular complexity index is 422. The van der Waals surface area contributed by atoms with Crippen LogP contribution in [0.25, 0.3) is 0 Å². The molecule has 3 N–H and O–H groups in total. The van der Waals surface area contributed by atoms with E-state index in [4.69, 9.17) is 33.4 Å². The number of aliphatic hydroxyl groups excluding tert-OH is 2. The Kier molecular flexibility index (Phi) is 4.70. The van der Waals surface area contributed by atoms with Gasteiger partial charge in [0.25, 0.3) is 5.91 Å². The minimum atomic E-state index is -1.11. The van der Waals surface area contributed by atoms with E-state index in [-0.39, 0.29) is 15.9 Å². The molecule has 0 aliphatic carbocycles. The van der Waals surface area contributed by atoms with Crippen molar-refractivity contribution in [1.29, 1.82) is 0 Å². The second-order valence-corrected chi connectivity index (χ2v) is 4.55. The maximum absolute atomic E-state index is 11.8. The lowest BCUT2D eigenvalue weighted by atomic mass is 10.0. The van der Waals surface area contributed by atoms with Gasteiger partial charge in [0, 0.05) is 0 Å². The molecular formula is C10H12Cl2N2O3. The van der Waals surface area contributed by atoms with Crippen LogP contribution in [0, 0.1) is 0 Å². The molecular weight excluding hydrogens is 267 g/mol. The van der Waals surface area contributed by atoms with Gasteiger partial charge in [-0.3, -0.25) is 4.79 Å². The Labute approximate surface area is 108 Å². The Morgan fingerprint density at radius 2 is 2.00 bits per heavy atom. The highest BCUT2D eigenvalue weighted by Crippen LogP contribution is 2.17. The molecule has 7 heteroatoms. The normalized spacial score (nSPS) is 11.4. The number of nitrogens with one attached hydrogen (secondary N) is 1. The summed E-state index contributed by atoms with van der Waals surface area (Å²) >= 11 is 11.4. The van der Waals surface area contributed by atoms with Crippen LogP contribution in [-0.2, 0) is 0 Å². The molecule has 1 heterocycles. The fourth-order valence-electron chi connectivity index (χ4n) is 1.05. The number of hydrogen-bond acceptors (Lipinski definition) is 4. The number of rotatable bonds is 4. The van der Waals surface area contributed by atoms with Crippen LogP contribution < -0.4 is 5.32 Å². The lowest BCUT2D eigenvalue weighted by molar-refractivity contribution is 0.0723. The van der Waals surface area contributed by atoms with Crippen LogP contribution in [0.5, 0.6) is 0 Å². The molecule has 17 heavy (non-hydrogen) atoms. The van der Waals surface area contributed by atoms with Crippen molar-refractivity contribution in [2.75, 3.05) is 13.2 Å². The van der Waals surface area contributed by atoms with Gasteiger partial charge in [-0.25, -0.2) is 4.98 Å². The lowest BCUT2D eigenvalue weighted by Crippen LogP contribution is -2.51. The predicted molar refractivity (Wildman–Crippen MR) is 64.3 cm³/mol. The standard InChI is InChI=1S/C10H12Cl2N2O3/c1-10(4-15,5-16)14-9(17)6-2-3-7(11)13-8(6)12/h2-3,15-16H,4-5H2,1H3,(H,14,17). The van der Waals surface area contributed by atoms with Gasteiger partial charge in [0.2, 0.25) is 0 Å². The van der Waals surface area contributed by atoms with Gasteiger partial charge in [-0.2, -0.15) is 0 Å². The van der Waals surface area contributed by atoms with Gasteiger partial charge in [0.05, 0.1) is 24.3 Å². The first-order valence-electron chi connectivity index (χ1n) is 4.78. The van der Waals surface area contributed by atoms with Crippen LogP contribution in [-0.4, -0.2) is 39.9 Å². The SMILES string of the molecule is CC(CO)(CO)NC(=O)c1ccc(Cl)nc1Cl. The summed E-state index contributed by atoms with van der Waals surface area (Å²) in [6, 6.07) is 2.85. The average molecular weight is 279 g/mol. The number of pyridine rings is 1. The monoisotopic (exact) mass is 278 g/mol. The maximum Gasteiger partial charge on any atom is 0.254 e. The third kappa shape index (κ3) is 3.54. The summed E-state index contributed by atoms with van der Waals surface area (Å²) in [5, 5.41) is 20.7. The zero-order valence-corrected chi connectivity index (χ0v) is 10.6. The summed E-state index contributed by atoms with van der Waals surface area (Å²) in [4.78, 5) is 15.5. The van der Waals surface area contributed by atoms with Crippen LogP contribution in [0.2, 0.25) is 10.3 Å². The molecule has 94 valence electrons. The zero-order chi connectivity index (χ0) is 13.1. The number of hydrogen-bond donors (Lipinski definition) is 3. The number of aromatic nitrogens is 1. The molecule has 0 bridgehead atoms. The van der Waals surface area contributed by atoms with Crippen LogP contribution in [0.15, 0.2) is 12.1 Å². The molecule has 1 amide bonds. The molecule has 0 atom stereocenters.